The second-order valence-corrected chi connectivity index (χ2v) is 4.04. The topological polar surface area (TPSA) is 91.0 Å². The fourth-order valence-corrected chi connectivity index (χ4v) is 1.55. The summed E-state index contributed by atoms with van der Waals surface area (Å²) >= 11 is 0. The molecule has 2 aromatic rings. The van der Waals surface area contributed by atoms with Crippen LogP contribution in [0.25, 0.3) is 11.5 Å². The van der Waals surface area contributed by atoms with Gasteiger partial charge in [0.15, 0.2) is 5.89 Å². The van der Waals surface area contributed by atoms with Gasteiger partial charge in [0, 0.05) is 12.8 Å². The molecule has 0 saturated heterocycles. The summed E-state index contributed by atoms with van der Waals surface area (Å²) in [6, 6.07) is 0. The number of hydrogen-bond acceptors (Lipinski definition) is 6. The first-order valence-electron chi connectivity index (χ1n) is 5.67. The van der Waals surface area contributed by atoms with Gasteiger partial charge in [-0.2, -0.15) is 4.98 Å². The maximum Gasteiger partial charge on any atom is 0.229 e. The Morgan fingerprint density at radius 1 is 1.41 bits per heavy atom. The lowest BCUT2D eigenvalue weighted by Gasteiger charge is -2.03. The van der Waals surface area contributed by atoms with E-state index in [9.17, 15) is 0 Å². The maximum atomic E-state index is 5.46. The third-order valence-corrected chi connectivity index (χ3v) is 2.55. The van der Waals surface area contributed by atoms with E-state index < -0.39 is 0 Å². The number of rotatable bonds is 5. The SMILES string of the molecule is Cc1nc(-c2noc(C(C)CCCN)n2)co1. The van der Waals surface area contributed by atoms with Gasteiger partial charge in [-0.1, -0.05) is 12.1 Å². The van der Waals surface area contributed by atoms with Crippen LogP contribution in [0.2, 0.25) is 0 Å². The molecule has 92 valence electrons. The highest BCUT2D eigenvalue weighted by atomic mass is 16.5. The van der Waals surface area contributed by atoms with E-state index in [0.717, 1.165) is 12.8 Å². The molecule has 0 radical (unpaired) electrons. The largest absolute Gasteiger partial charge is 0.449 e. The Bertz CT molecular complexity index is 477. The van der Waals surface area contributed by atoms with Crippen molar-refractivity contribution in [1.29, 1.82) is 0 Å². The van der Waals surface area contributed by atoms with E-state index in [1.165, 1.54) is 6.26 Å². The monoisotopic (exact) mass is 236 g/mol. The molecule has 0 bridgehead atoms. The quantitative estimate of drug-likeness (QED) is 0.852. The predicted octanol–water partition coefficient (Wildman–Crippen LogP) is 1.88. The highest BCUT2D eigenvalue weighted by Crippen LogP contribution is 2.22. The zero-order valence-electron chi connectivity index (χ0n) is 10.0. The summed E-state index contributed by atoms with van der Waals surface area (Å²) in [5.74, 6) is 1.89. The minimum Gasteiger partial charge on any atom is -0.449 e. The number of nitrogens with two attached hydrogens (primary N) is 1. The van der Waals surface area contributed by atoms with Crippen molar-refractivity contribution in [3.63, 3.8) is 0 Å². The summed E-state index contributed by atoms with van der Waals surface area (Å²) in [5.41, 5.74) is 6.07. The van der Waals surface area contributed by atoms with Crippen LogP contribution in [-0.4, -0.2) is 21.7 Å². The van der Waals surface area contributed by atoms with Gasteiger partial charge in [-0.25, -0.2) is 4.98 Å². The second kappa shape index (κ2) is 5.09. The number of oxazole rings is 1. The number of hydrogen-bond donors (Lipinski definition) is 1. The van der Waals surface area contributed by atoms with Crippen molar-refractivity contribution in [3.05, 3.63) is 18.0 Å². The number of aryl methyl sites for hydroxylation is 1. The van der Waals surface area contributed by atoms with Crippen LogP contribution < -0.4 is 5.73 Å². The molecule has 6 heteroatoms. The molecule has 0 spiro atoms. The van der Waals surface area contributed by atoms with Gasteiger partial charge in [-0.3, -0.25) is 0 Å². The summed E-state index contributed by atoms with van der Waals surface area (Å²) in [5, 5.41) is 3.89. The lowest BCUT2D eigenvalue weighted by atomic mass is 10.1. The Hall–Kier alpha value is -1.69. The van der Waals surface area contributed by atoms with E-state index in [1.54, 1.807) is 6.92 Å². The molecule has 0 aliphatic rings. The van der Waals surface area contributed by atoms with Gasteiger partial charge in [0.05, 0.1) is 0 Å². The first-order valence-corrected chi connectivity index (χ1v) is 5.67. The first kappa shape index (κ1) is 11.8. The van der Waals surface area contributed by atoms with Gasteiger partial charge >= 0.3 is 0 Å². The normalized spacial score (nSPS) is 12.9. The minimum absolute atomic E-state index is 0.216. The lowest BCUT2D eigenvalue weighted by Crippen LogP contribution is -2.02. The lowest BCUT2D eigenvalue weighted by molar-refractivity contribution is 0.352. The maximum absolute atomic E-state index is 5.46. The average Bonchev–Trinajstić information content (AvgIpc) is 2.93. The van der Waals surface area contributed by atoms with Gasteiger partial charge in [-0.05, 0) is 19.4 Å². The highest BCUT2D eigenvalue weighted by Gasteiger charge is 2.16. The molecule has 1 atom stereocenters. The van der Waals surface area contributed by atoms with Crippen LogP contribution in [0.5, 0.6) is 0 Å². The van der Waals surface area contributed by atoms with E-state index >= 15 is 0 Å². The summed E-state index contributed by atoms with van der Waals surface area (Å²) in [6.45, 7) is 4.49. The van der Waals surface area contributed by atoms with Gasteiger partial charge in [0.2, 0.25) is 11.7 Å². The number of nitrogens with zero attached hydrogens (tertiary/aromatic N) is 3. The number of aromatic nitrogens is 3. The molecule has 1 unspecified atom stereocenters. The zero-order valence-corrected chi connectivity index (χ0v) is 10.0. The van der Waals surface area contributed by atoms with E-state index in [2.05, 4.69) is 15.1 Å². The summed E-state index contributed by atoms with van der Waals surface area (Å²) < 4.78 is 10.3. The van der Waals surface area contributed by atoms with Crippen LogP contribution in [0, 0.1) is 6.92 Å². The van der Waals surface area contributed by atoms with Gasteiger partial charge in [0.1, 0.15) is 12.0 Å². The Morgan fingerprint density at radius 2 is 2.24 bits per heavy atom. The Morgan fingerprint density at radius 3 is 2.88 bits per heavy atom. The van der Waals surface area contributed by atoms with Crippen LogP contribution in [-0.2, 0) is 0 Å². The molecular formula is C11H16N4O2. The molecule has 0 aliphatic carbocycles. The summed E-state index contributed by atoms with van der Waals surface area (Å²) in [4.78, 5) is 8.45. The highest BCUT2D eigenvalue weighted by molar-refractivity contribution is 5.45. The Kier molecular flexibility index (Phi) is 3.53. The van der Waals surface area contributed by atoms with Crippen LogP contribution in [0.4, 0.5) is 0 Å². The van der Waals surface area contributed by atoms with Gasteiger partial charge in [-0.15, -0.1) is 0 Å². The van der Waals surface area contributed by atoms with Crippen LogP contribution >= 0.6 is 0 Å². The molecule has 0 amide bonds. The van der Waals surface area contributed by atoms with Crippen molar-refractivity contribution in [2.24, 2.45) is 5.73 Å². The molecule has 0 saturated carbocycles. The smallest absolute Gasteiger partial charge is 0.229 e. The molecule has 2 heterocycles. The summed E-state index contributed by atoms with van der Waals surface area (Å²) in [7, 11) is 0. The Balaban J connectivity index is 2.10. The van der Waals surface area contributed by atoms with E-state index in [1.807, 2.05) is 6.92 Å². The molecule has 6 nitrogen and oxygen atoms in total. The molecule has 0 aliphatic heterocycles. The third-order valence-electron chi connectivity index (χ3n) is 2.55. The van der Waals surface area contributed by atoms with E-state index in [-0.39, 0.29) is 5.92 Å². The summed E-state index contributed by atoms with van der Waals surface area (Å²) in [6.07, 6.45) is 3.41. The first-order chi connectivity index (χ1) is 8.20. The molecule has 2 N–H and O–H groups in total. The fraction of sp³-hybridized carbons (Fsp3) is 0.545. The molecular weight excluding hydrogens is 220 g/mol. The predicted molar refractivity (Wildman–Crippen MR) is 61.2 cm³/mol. The standard InChI is InChI=1S/C11H16N4O2/c1-7(4-3-5-12)11-14-10(15-17-11)9-6-16-8(2)13-9/h6-7H,3-5,12H2,1-2H3. The van der Waals surface area contributed by atoms with Crippen molar-refractivity contribution in [1.82, 2.24) is 15.1 Å². The molecule has 2 aromatic heterocycles. The van der Waals surface area contributed by atoms with Crippen molar-refractivity contribution >= 4 is 0 Å². The molecule has 0 aromatic carbocycles. The van der Waals surface area contributed by atoms with E-state index in [4.69, 9.17) is 14.7 Å². The van der Waals surface area contributed by atoms with Gasteiger partial charge < -0.3 is 14.7 Å². The Labute approximate surface area is 99.2 Å². The second-order valence-electron chi connectivity index (χ2n) is 4.04. The average molecular weight is 236 g/mol. The zero-order chi connectivity index (χ0) is 12.3. The minimum atomic E-state index is 0.216. The third kappa shape index (κ3) is 2.71. The van der Waals surface area contributed by atoms with Gasteiger partial charge in [0.25, 0.3) is 0 Å². The van der Waals surface area contributed by atoms with Crippen LogP contribution in [0.1, 0.15) is 37.5 Å². The molecule has 2 rings (SSSR count). The van der Waals surface area contributed by atoms with Crippen LogP contribution in [0.3, 0.4) is 0 Å². The van der Waals surface area contributed by atoms with Crippen molar-refractivity contribution < 1.29 is 8.94 Å². The van der Waals surface area contributed by atoms with Crippen molar-refractivity contribution in [3.8, 4) is 11.5 Å². The van der Waals surface area contributed by atoms with E-state index in [0.29, 0.717) is 29.8 Å². The molecule has 0 fully saturated rings. The van der Waals surface area contributed by atoms with Crippen LogP contribution in [0.15, 0.2) is 15.2 Å². The van der Waals surface area contributed by atoms with Crippen molar-refractivity contribution in [2.75, 3.05) is 6.54 Å². The fourth-order valence-electron chi connectivity index (χ4n) is 1.55. The molecule has 17 heavy (non-hydrogen) atoms. The van der Waals surface area contributed by atoms with Crippen molar-refractivity contribution in [2.45, 2.75) is 32.6 Å².